The van der Waals surface area contributed by atoms with E-state index in [9.17, 15) is 14.4 Å². The first kappa shape index (κ1) is 17.3. The Morgan fingerprint density at radius 2 is 1.95 bits per heavy atom. The van der Waals surface area contributed by atoms with Crippen LogP contribution in [0.4, 0.5) is 4.79 Å². The van der Waals surface area contributed by atoms with Gasteiger partial charge in [0.1, 0.15) is 6.04 Å². The van der Waals surface area contributed by atoms with Gasteiger partial charge in [0.15, 0.2) is 0 Å². The van der Waals surface area contributed by atoms with E-state index in [0.29, 0.717) is 13.0 Å². The highest BCUT2D eigenvalue weighted by molar-refractivity contribution is 5.83. The topological polar surface area (TPSA) is 95.9 Å². The molecule has 1 rings (SSSR count). The molecule has 1 heterocycles. The number of urea groups is 1. The van der Waals surface area contributed by atoms with Crippen molar-refractivity contribution in [3.8, 4) is 0 Å². The van der Waals surface area contributed by atoms with Crippen LogP contribution in [-0.2, 0) is 14.3 Å². The van der Waals surface area contributed by atoms with E-state index in [1.807, 2.05) is 20.8 Å². The molecule has 7 nitrogen and oxygen atoms in total. The normalized spacial score (nSPS) is 23.0. The Balaban J connectivity index is 2.63. The minimum absolute atomic E-state index is 0.00317. The summed E-state index contributed by atoms with van der Waals surface area (Å²) in [5.41, 5.74) is 0. The predicted molar refractivity (Wildman–Crippen MR) is 75.7 cm³/mol. The van der Waals surface area contributed by atoms with Gasteiger partial charge < -0.3 is 20.1 Å². The SMILES string of the molecule is COC(=O)C1CN(C(=O)N[C@H](CC(C)C)C(=O)O)CC1C. The zero-order valence-corrected chi connectivity index (χ0v) is 13.0. The molecule has 2 unspecified atom stereocenters. The molecule has 0 bridgehead atoms. The molecule has 0 saturated carbocycles. The molecule has 1 aliphatic rings. The average Bonchev–Trinajstić information content (AvgIpc) is 2.78. The van der Waals surface area contributed by atoms with Crippen LogP contribution in [0.25, 0.3) is 0 Å². The van der Waals surface area contributed by atoms with Crippen molar-refractivity contribution >= 4 is 18.0 Å². The quantitative estimate of drug-likeness (QED) is 0.737. The van der Waals surface area contributed by atoms with Gasteiger partial charge in [-0.25, -0.2) is 9.59 Å². The van der Waals surface area contributed by atoms with E-state index in [0.717, 1.165) is 0 Å². The molecule has 120 valence electrons. The molecular formula is C14H24N2O5. The van der Waals surface area contributed by atoms with Crippen molar-refractivity contribution in [2.75, 3.05) is 20.2 Å². The Labute approximate surface area is 124 Å². The molecule has 0 aromatic heterocycles. The van der Waals surface area contributed by atoms with E-state index in [2.05, 4.69) is 5.32 Å². The van der Waals surface area contributed by atoms with E-state index >= 15 is 0 Å². The number of methoxy groups -OCH3 is 1. The highest BCUT2D eigenvalue weighted by Gasteiger charge is 2.38. The zero-order valence-electron chi connectivity index (χ0n) is 13.0. The molecule has 3 atom stereocenters. The highest BCUT2D eigenvalue weighted by atomic mass is 16.5. The number of carboxylic acids is 1. The first-order valence-electron chi connectivity index (χ1n) is 7.12. The summed E-state index contributed by atoms with van der Waals surface area (Å²) >= 11 is 0. The summed E-state index contributed by atoms with van der Waals surface area (Å²) in [6.07, 6.45) is 0.366. The minimum atomic E-state index is -1.05. The second kappa shape index (κ2) is 7.28. The Morgan fingerprint density at radius 1 is 1.33 bits per heavy atom. The van der Waals surface area contributed by atoms with Crippen molar-refractivity contribution < 1.29 is 24.2 Å². The van der Waals surface area contributed by atoms with E-state index in [-0.39, 0.29) is 30.3 Å². The van der Waals surface area contributed by atoms with Crippen LogP contribution in [0.15, 0.2) is 0 Å². The summed E-state index contributed by atoms with van der Waals surface area (Å²) in [4.78, 5) is 36.4. The van der Waals surface area contributed by atoms with Gasteiger partial charge in [-0.15, -0.1) is 0 Å². The van der Waals surface area contributed by atoms with Crippen LogP contribution in [0.2, 0.25) is 0 Å². The van der Waals surface area contributed by atoms with Gasteiger partial charge in [0.05, 0.1) is 13.0 Å². The number of nitrogens with one attached hydrogen (secondary N) is 1. The number of likely N-dealkylation sites (tertiary alicyclic amines) is 1. The van der Waals surface area contributed by atoms with Crippen LogP contribution in [-0.4, -0.2) is 54.2 Å². The number of carboxylic acid groups (broad SMARTS) is 1. The first-order chi connectivity index (χ1) is 9.76. The Hall–Kier alpha value is -1.79. The number of carbonyl (C=O) groups excluding carboxylic acids is 2. The van der Waals surface area contributed by atoms with Crippen LogP contribution in [0, 0.1) is 17.8 Å². The molecule has 2 amide bonds. The summed E-state index contributed by atoms with van der Waals surface area (Å²) in [5, 5.41) is 11.7. The molecule has 2 N–H and O–H groups in total. The fraction of sp³-hybridized carbons (Fsp3) is 0.786. The Kier molecular flexibility index (Phi) is 5.99. The van der Waals surface area contributed by atoms with Crippen LogP contribution in [0.1, 0.15) is 27.2 Å². The first-order valence-corrected chi connectivity index (χ1v) is 7.12. The number of aliphatic carboxylic acids is 1. The van der Waals surface area contributed by atoms with Gasteiger partial charge >= 0.3 is 18.0 Å². The number of esters is 1. The molecule has 0 spiro atoms. The highest BCUT2D eigenvalue weighted by Crippen LogP contribution is 2.24. The lowest BCUT2D eigenvalue weighted by atomic mass is 9.99. The van der Waals surface area contributed by atoms with E-state index in [1.54, 1.807) is 0 Å². The van der Waals surface area contributed by atoms with Crippen molar-refractivity contribution in [1.82, 2.24) is 10.2 Å². The molecule has 0 aliphatic carbocycles. The van der Waals surface area contributed by atoms with Crippen molar-refractivity contribution in [3.05, 3.63) is 0 Å². The van der Waals surface area contributed by atoms with Crippen LogP contribution >= 0.6 is 0 Å². The summed E-state index contributed by atoms with van der Waals surface area (Å²) in [5.74, 6) is -1.58. The number of amides is 2. The predicted octanol–water partition coefficient (Wildman–Crippen LogP) is 0.936. The van der Waals surface area contributed by atoms with Crippen molar-refractivity contribution in [2.24, 2.45) is 17.8 Å². The third kappa shape index (κ3) is 4.61. The van der Waals surface area contributed by atoms with Crippen LogP contribution < -0.4 is 5.32 Å². The number of carbonyl (C=O) groups is 3. The Morgan fingerprint density at radius 3 is 2.43 bits per heavy atom. The molecule has 1 saturated heterocycles. The Bertz CT molecular complexity index is 410. The monoisotopic (exact) mass is 300 g/mol. The van der Waals surface area contributed by atoms with Gasteiger partial charge in [0.2, 0.25) is 0 Å². The fourth-order valence-corrected chi connectivity index (χ4v) is 2.52. The van der Waals surface area contributed by atoms with Gasteiger partial charge in [-0.3, -0.25) is 4.79 Å². The number of ether oxygens (including phenoxy) is 1. The fourth-order valence-electron chi connectivity index (χ4n) is 2.52. The lowest BCUT2D eigenvalue weighted by Gasteiger charge is -2.22. The summed E-state index contributed by atoms with van der Waals surface area (Å²) in [6.45, 7) is 6.34. The molecule has 0 aromatic rings. The zero-order chi connectivity index (χ0) is 16.2. The number of hydrogen-bond acceptors (Lipinski definition) is 4. The lowest BCUT2D eigenvalue weighted by Crippen LogP contribution is -2.48. The maximum atomic E-state index is 12.1. The third-order valence-electron chi connectivity index (χ3n) is 3.71. The van der Waals surface area contributed by atoms with Crippen LogP contribution in [0.5, 0.6) is 0 Å². The van der Waals surface area contributed by atoms with Crippen LogP contribution in [0.3, 0.4) is 0 Å². The molecule has 1 fully saturated rings. The molecular weight excluding hydrogens is 276 g/mol. The number of hydrogen-bond donors (Lipinski definition) is 2. The number of nitrogens with zero attached hydrogens (tertiary/aromatic N) is 1. The third-order valence-corrected chi connectivity index (χ3v) is 3.71. The maximum absolute atomic E-state index is 12.1. The summed E-state index contributed by atoms with van der Waals surface area (Å²) < 4.78 is 4.71. The second-order valence-electron chi connectivity index (χ2n) is 5.98. The molecule has 21 heavy (non-hydrogen) atoms. The van der Waals surface area contributed by atoms with Gasteiger partial charge in [-0.05, 0) is 18.3 Å². The average molecular weight is 300 g/mol. The van der Waals surface area contributed by atoms with Gasteiger partial charge in [0.25, 0.3) is 0 Å². The maximum Gasteiger partial charge on any atom is 0.326 e. The second-order valence-corrected chi connectivity index (χ2v) is 5.98. The van der Waals surface area contributed by atoms with E-state index in [1.165, 1.54) is 12.0 Å². The summed E-state index contributed by atoms with van der Waals surface area (Å²) in [7, 11) is 1.32. The van der Waals surface area contributed by atoms with Crippen molar-refractivity contribution in [3.63, 3.8) is 0 Å². The van der Waals surface area contributed by atoms with Gasteiger partial charge in [-0.2, -0.15) is 0 Å². The number of rotatable bonds is 5. The largest absolute Gasteiger partial charge is 0.480 e. The lowest BCUT2D eigenvalue weighted by molar-refractivity contribution is -0.146. The minimum Gasteiger partial charge on any atom is -0.480 e. The van der Waals surface area contributed by atoms with Crippen molar-refractivity contribution in [1.29, 1.82) is 0 Å². The van der Waals surface area contributed by atoms with E-state index in [4.69, 9.17) is 9.84 Å². The summed E-state index contributed by atoms with van der Waals surface area (Å²) in [6, 6.07) is -1.36. The molecule has 7 heteroatoms. The van der Waals surface area contributed by atoms with Crippen molar-refractivity contribution in [2.45, 2.75) is 33.2 Å². The molecule has 0 radical (unpaired) electrons. The smallest absolute Gasteiger partial charge is 0.326 e. The molecule has 0 aromatic carbocycles. The van der Waals surface area contributed by atoms with E-state index < -0.39 is 18.0 Å². The van der Waals surface area contributed by atoms with Gasteiger partial charge in [0, 0.05) is 13.1 Å². The molecule has 1 aliphatic heterocycles. The standard InChI is InChI=1S/C14H24N2O5/c1-8(2)5-11(12(17)18)15-14(20)16-6-9(3)10(7-16)13(19)21-4/h8-11H,5-7H2,1-4H3,(H,15,20)(H,17,18)/t9?,10?,11-/m1/s1. The van der Waals surface area contributed by atoms with Gasteiger partial charge in [-0.1, -0.05) is 20.8 Å².